The molecule has 222 valence electrons. The van der Waals surface area contributed by atoms with Gasteiger partial charge in [-0.2, -0.15) is 0 Å². The highest BCUT2D eigenvalue weighted by molar-refractivity contribution is 6.37. The Labute approximate surface area is 258 Å². The molecule has 1 aliphatic heterocycles. The quantitative estimate of drug-likeness (QED) is 0.359. The van der Waals surface area contributed by atoms with Gasteiger partial charge in [-0.25, -0.2) is 0 Å². The lowest BCUT2D eigenvalue weighted by Crippen LogP contribution is -2.44. The highest BCUT2D eigenvalue weighted by Gasteiger charge is 2.48. The smallest absolute Gasteiger partial charge is 0.262 e. The molecule has 0 bridgehead atoms. The SMILES string of the molecule is CCN1C2=C(C(=O)CC(C)(C)C2)C(c2cc(Cl)c(OCC(=O)Nc3ccccc3C)c(Cl)c2)C2=C1CC(C)(C)CC2=O. The van der Waals surface area contributed by atoms with Crippen molar-refractivity contribution in [1.29, 1.82) is 0 Å². The highest BCUT2D eigenvalue weighted by Crippen LogP contribution is 2.55. The largest absolute Gasteiger partial charge is 0.481 e. The number of carbonyl (C=O) groups excluding carboxylic acids is 3. The number of benzene rings is 2. The Morgan fingerprint density at radius 2 is 1.45 bits per heavy atom. The molecule has 0 saturated carbocycles. The molecule has 2 aromatic rings. The van der Waals surface area contributed by atoms with Crippen molar-refractivity contribution in [2.75, 3.05) is 18.5 Å². The van der Waals surface area contributed by atoms with Crippen LogP contribution in [0.3, 0.4) is 0 Å². The molecule has 2 aromatic carbocycles. The molecular formula is C34H38Cl2N2O4. The molecule has 0 fully saturated rings. The number of aryl methyl sites for hydroxylation is 1. The molecule has 6 nitrogen and oxygen atoms in total. The molecule has 0 radical (unpaired) electrons. The van der Waals surface area contributed by atoms with Gasteiger partial charge in [0.05, 0.1) is 10.0 Å². The molecule has 1 heterocycles. The predicted molar refractivity (Wildman–Crippen MR) is 167 cm³/mol. The third kappa shape index (κ3) is 5.76. The van der Waals surface area contributed by atoms with E-state index < -0.39 is 5.92 Å². The van der Waals surface area contributed by atoms with Gasteiger partial charge < -0.3 is 15.0 Å². The molecule has 1 amide bonds. The molecule has 0 aromatic heterocycles. The standard InChI is InChI=1S/C34H38Cl2N2O4/c1-7-38-24-14-33(3,4)16-26(39)30(24)29(31-25(38)15-34(5,6)17-27(31)40)20-12-21(35)32(22(36)13-20)42-18-28(41)37-23-11-9-8-10-19(23)2/h8-13,29H,7,14-18H2,1-6H3,(H,37,41). The molecule has 0 atom stereocenters. The maximum Gasteiger partial charge on any atom is 0.262 e. The minimum atomic E-state index is -0.557. The van der Waals surface area contributed by atoms with E-state index in [1.54, 1.807) is 12.1 Å². The number of carbonyl (C=O) groups is 3. The lowest BCUT2D eigenvalue weighted by molar-refractivity contribution is -0.120. The summed E-state index contributed by atoms with van der Waals surface area (Å²) in [6.07, 6.45) is 2.28. The van der Waals surface area contributed by atoms with Crippen molar-refractivity contribution >= 4 is 46.4 Å². The third-order valence-corrected chi connectivity index (χ3v) is 9.02. The number of para-hydroxylation sites is 1. The van der Waals surface area contributed by atoms with E-state index in [0.29, 0.717) is 41.8 Å². The summed E-state index contributed by atoms with van der Waals surface area (Å²) < 4.78 is 5.79. The van der Waals surface area contributed by atoms with Gasteiger partial charge in [0.2, 0.25) is 0 Å². The Bertz CT molecular complexity index is 1480. The molecule has 8 heteroatoms. The van der Waals surface area contributed by atoms with Crippen LogP contribution in [0, 0.1) is 17.8 Å². The maximum absolute atomic E-state index is 13.8. The number of nitrogens with zero attached hydrogens (tertiary/aromatic N) is 1. The number of ether oxygens (including phenoxy) is 1. The fourth-order valence-electron chi connectivity index (χ4n) is 6.68. The van der Waals surface area contributed by atoms with Gasteiger partial charge in [0.1, 0.15) is 0 Å². The normalized spacial score (nSPS) is 20.0. The Morgan fingerprint density at radius 1 is 0.929 bits per heavy atom. The van der Waals surface area contributed by atoms with E-state index in [1.807, 2.05) is 31.2 Å². The van der Waals surface area contributed by atoms with Crippen LogP contribution in [0.4, 0.5) is 5.69 Å². The number of rotatable bonds is 6. The third-order valence-electron chi connectivity index (χ3n) is 8.46. The maximum atomic E-state index is 13.8. The van der Waals surface area contributed by atoms with Crippen LogP contribution < -0.4 is 10.1 Å². The van der Waals surface area contributed by atoms with E-state index in [2.05, 4.69) is 44.8 Å². The summed E-state index contributed by atoms with van der Waals surface area (Å²) in [7, 11) is 0. The number of ketones is 2. The van der Waals surface area contributed by atoms with Gasteiger partial charge in [0.15, 0.2) is 23.9 Å². The van der Waals surface area contributed by atoms with Crippen molar-refractivity contribution in [3.63, 3.8) is 0 Å². The fourth-order valence-corrected chi connectivity index (χ4v) is 7.30. The Balaban J connectivity index is 1.53. The van der Waals surface area contributed by atoms with Crippen molar-refractivity contribution in [2.45, 2.75) is 73.1 Å². The molecule has 42 heavy (non-hydrogen) atoms. The first-order valence-corrected chi connectivity index (χ1v) is 15.2. The zero-order valence-corrected chi connectivity index (χ0v) is 26.6. The average molecular weight is 610 g/mol. The van der Waals surface area contributed by atoms with E-state index in [-0.39, 0.29) is 50.7 Å². The second-order valence-electron chi connectivity index (χ2n) is 13.2. The van der Waals surface area contributed by atoms with E-state index in [9.17, 15) is 14.4 Å². The number of Topliss-reactive ketones (excluding diaryl/α,β-unsaturated/α-hetero) is 2. The van der Waals surface area contributed by atoms with Crippen LogP contribution in [0.5, 0.6) is 5.75 Å². The van der Waals surface area contributed by atoms with Crippen LogP contribution in [0.1, 0.15) is 77.3 Å². The number of halogens is 2. The van der Waals surface area contributed by atoms with Gasteiger partial charge >= 0.3 is 0 Å². The van der Waals surface area contributed by atoms with Gasteiger partial charge in [0, 0.05) is 53.5 Å². The summed E-state index contributed by atoms with van der Waals surface area (Å²) in [4.78, 5) is 42.5. The molecule has 0 saturated heterocycles. The van der Waals surface area contributed by atoms with E-state index >= 15 is 0 Å². The van der Waals surface area contributed by atoms with Crippen molar-refractivity contribution in [3.05, 3.63) is 80.1 Å². The predicted octanol–water partition coefficient (Wildman–Crippen LogP) is 8.02. The van der Waals surface area contributed by atoms with Crippen LogP contribution in [-0.4, -0.2) is 35.5 Å². The van der Waals surface area contributed by atoms with Gasteiger partial charge in [-0.05, 0) is 66.8 Å². The lowest BCUT2D eigenvalue weighted by Gasteiger charge is -2.49. The van der Waals surface area contributed by atoms with Crippen LogP contribution >= 0.6 is 23.2 Å². The zero-order valence-electron chi connectivity index (χ0n) is 25.1. The van der Waals surface area contributed by atoms with Gasteiger partial charge in [0.25, 0.3) is 5.91 Å². The Morgan fingerprint density at radius 3 is 1.95 bits per heavy atom. The minimum Gasteiger partial charge on any atom is -0.481 e. The van der Waals surface area contributed by atoms with Crippen molar-refractivity contribution in [3.8, 4) is 5.75 Å². The molecule has 0 spiro atoms. The topological polar surface area (TPSA) is 75.7 Å². The summed E-state index contributed by atoms with van der Waals surface area (Å²) in [6.45, 7) is 12.8. The summed E-state index contributed by atoms with van der Waals surface area (Å²) in [5.41, 5.74) is 5.26. The lowest BCUT2D eigenvalue weighted by atomic mass is 9.63. The second-order valence-corrected chi connectivity index (χ2v) is 14.1. The monoisotopic (exact) mass is 608 g/mol. The number of hydrogen-bond acceptors (Lipinski definition) is 5. The summed E-state index contributed by atoms with van der Waals surface area (Å²) in [6, 6.07) is 10.9. The number of anilines is 1. The summed E-state index contributed by atoms with van der Waals surface area (Å²) in [5, 5.41) is 3.27. The first-order valence-electron chi connectivity index (χ1n) is 14.5. The molecule has 3 aliphatic rings. The number of hydrogen-bond donors (Lipinski definition) is 1. The summed E-state index contributed by atoms with van der Waals surface area (Å²) >= 11 is 13.5. The average Bonchev–Trinajstić information content (AvgIpc) is 2.87. The van der Waals surface area contributed by atoms with E-state index in [0.717, 1.165) is 29.8 Å². The number of nitrogens with one attached hydrogen (secondary N) is 1. The van der Waals surface area contributed by atoms with Crippen LogP contribution in [0.15, 0.2) is 58.9 Å². The van der Waals surface area contributed by atoms with E-state index in [1.165, 1.54) is 0 Å². The van der Waals surface area contributed by atoms with Gasteiger partial charge in [-0.15, -0.1) is 0 Å². The van der Waals surface area contributed by atoms with Crippen molar-refractivity contribution in [1.82, 2.24) is 4.90 Å². The minimum absolute atomic E-state index is 0.0503. The molecule has 2 aliphatic carbocycles. The van der Waals surface area contributed by atoms with E-state index in [4.69, 9.17) is 27.9 Å². The first-order chi connectivity index (χ1) is 19.7. The second kappa shape index (κ2) is 11.2. The van der Waals surface area contributed by atoms with Crippen LogP contribution in [0.25, 0.3) is 0 Å². The molecule has 5 rings (SSSR count). The van der Waals surface area contributed by atoms with Gasteiger partial charge in [-0.3, -0.25) is 14.4 Å². The molecule has 0 unspecified atom stereocenters. The summed E-state index contributed by atoms with van der Waals surface area (Å²) in [5.74, 6) is -0.617. The van der Waals surface area contributed by atoms with Gasteiger partial charge in [-0.1, -0.05) is 69.1 Å². The van der Waals surface area contributed by atoms with Crippen LogP contribution in [0.2, 0.25) is 10.0 Å². The molecule has 1 N–H and O–H groups in total. The number of amides is 1. The van der Waals surface area contributed by atoms with Crippen LogP contribution in [-0.2, 0) is 14.4 Å². The number of allylic oxidation sites excluding steroid dienone is 4. The first kappa shape index (κ1) is 30.4. The fraction of sp³-hybridized carbons (Fsp3) is 0.441. The van der Waals surface area contributed by atoms with Crippen molar-refractivity contribution in [2.24, 2.45) is 10.8 Å². The van der Waals surface area contributed by atoms with Crippen molar-refractivity contribution < 1.29 is 19.1 Å². The Hall–Kier alpha value is -3.09. The highest BCUT2D eigenvalue weighted by atomic mass is 35.5. The zero-order chi connectivity index (χ0) is 30.6. The molecular weight excluding hydrogens is 571 g/mol. The Kier molecular flexibility index (Phi) is 8.10.